The zero-order valence-electron chi connectivity index (χ0n) is 18.6. The lowest BCUT2D eigenvalue weighted by atomic mass is 9.97. The molecule has 6 heteroatoms. The van der Waals surface area contributed by atoms with Crippen LogP contribution in [0.1, 0.15) is 36.5 Å². The largest absolute Gasteiger partial charge is 0.487 e. The molecule has 2 aromatic carbocycles. The number of carbonyl (C=O) groups excluding carboxylic acids is 2. The Balaban J connectivity index is 1.41. The third-order valence-electron chi connectivity index (χ3n) is 6.05. The molecule has 0 radical (unpaired) electrons. The van der Waals surface area contributed by atoms with Gasteiger partial charge in [0.25, 0.3) is 0 Å². The Morgan fingerprint density at radius 1 is 1.06 bits per heavy atom. The summed E-state index contributed by atoms with van der Waals surface area (Å²) >= 11 is 0. The van der Waals surface area contributed by atoms with E-state index in [-0.39, 0.29) is 24.0 Å². The van der Waals surface area contributed by atoms with Crippen molar-refractivity contribution in [2.75, 3.05) is 24.5 Å². The van der Waals surface area contributed by atoms with Crippen LogP contribution in [0.5, 0.6) is 5.75 Å². The molecule has 0 saturated carbocycles. The summed E-state index contributed by atoms with van der Waals surface area (Å²) in [4.78, 5) is 29.8. The maximum absolute atomic E-state index is 13.4. The van der Waals surface area contributed by atoms with E-state index in [1.165, 1.54) is 5.56 Å². The molecular formula is C25H31N3O3. The Labute approximate surface area is 184 Å². The number of urea groups is 1. The van der Waals surface area contributed by atoms with Crippen LogP contribution in [0.2, 0.25) is 0 Å². The van der Waals surface area contributed by atoms with Crippen LogP contribution >= 0.6 is 0 Å². The molecule has 3 amide bonds. The van der Waals surface area contributed by atoms with E-state index in [0.29, 0.717) is 26.2 Å². The molecule has 2 aromatic rings. The van der Waals surface area contributed by atoms with Gasteiger partial charge >= 0.3 is 6.03 Å². The van der Waals surface area contributed by atoms with Crippen LogP contribution in [0.4, 0.5) is 10.5 Å². The number of piperidine rings is 1. The molecule has 31 heavy (non-hydrogen) atoms. The van der Waals surface area contributed by atoms with Crippen molar-refractivity contribution in [3.8, 4) is 5.75 Å². The number of nitrogens with zero attached hydrogens (tertiary/aromatic N) is 2. The second-order valence-electron chi connectivity index (χ2n) is 8.78. The van der Waals surface area contributed by atoms with Gasteiger partial charge in [-0.2, -0.15) is 0 Å². The Kier molecular flexibility index (Phi) is 6.16. The summed E-state index contributed by atoms with van der Waals surface area (Å²) in [6.45, 7) is 8.17. The molecule has 4 rings (SSSR count). The van der Waals surface area contributed by atoms with Crippen LogP contribution in [0.15, 0.2) is 42.5 Å². The zero-order chi connectivity index (χ0) is 22.0. The first-order valence-corrected chi connectivity index (χ1v) is 11.1. The second-order valence-corrected chi connectivity index (χ2v) is 8.78. The van der Waals surface area contributed by atoms with Crippen molar-refractivity contribution in [2.45, 2.75) is 46.3 Å². The lowest BCUT2D eigenvalue weighted by Crippen LogP contribution is -2.53. The van der Waals surface area contributed by atoms with Crippen molar-refractivity contribution < 1.29 is 14.3 Å². The smallest absolute Gasteiger partial charge is 0.324 e. The highest BCUT2D eigenvalue weighted by Gasteiger charge is 2.34. The number of amides is 3. The van der Waals surface area contributed by atoms with Gasteiger partial charge in [-0.25, -0.2) is 4.79 Å². The summed E-state index contributed by atoms with van der Waals surface area (Å²) in [7, 11) is 0. The molecule has 0 unspecified atom stereocenters. The van der Waals surface area contributed by atoms with Gasteiger partial charge in [-0.3, -0.25) is 9.69 Å². The highest BCUT2D eigenvalue weighted by Crippen LogP contribution is 2.35. The third kappa shape index (κ3) is 4.84. The lowest BCUT2D eigenvalue weighted by Gasteiger charge is -2.39. The summed E-state index contributed by atoms with van der Waals surface area (Å²) in [5.41, 5.74) is 4.18. The highest BCUT2D eigenvalue weighted by molar-refractivity contribution is 5.95. The van der Waals surface area contributed by atoms with Crippen LogP contribution < -0.4 is 15.0 Å². The minimum Gasteiger partial charge on any atom is -0.487 e. The highest BCUT2D eigenvalue weighted by atomic mass is 16.5. The molecule has 1 fully saturated rings. The number of carbonyl (C=O) groups is 2. The van der Waals surface area contributed by atoms with Gasteiger partial charge in [0, 0.05) is 19.6 Å². The van der Waals surface area contributed by atoms with Gasteiger partial charge in [-0.15, -0.1) is 0 Å². The number of fused-ring (bicyclic) bond motifs is 1. The summed E-state index contributed by atoms with van der Waals surface area (Å²) in [6, 6.07) is 14.0. The fourth-order valence-electron chi connectivity index (χ4n) is 4.30. The molecule has 0 aromatic heterocycles. The summed E-state index contributed by atoms with van der Waals surface area (Å²) < 4.78 is 5.92. The van der Waals surface area contributed by atoms with Crippen molar-refractivity contribution in [2.24, 2.45) is 5.92 Å². The van der Waals surface area contributed by atoms with E-state index in [2.05, 4.69) is 5.32 Å². The first-order chi connectivity index (χ1) is 14.9. The minimum atomic E-state index is -0.182. The number of aryl methyl sites for hydroxylation is 2. The molecule has 1 saturated heterocycles. The average molecular weight is 422 g/mol. The summed E-state index contributed by atoms with van der Waals surface area (Å²) in [5, 5.41) is 3.05. The number of ether oxygens (including phenoxy) is 1. The summed E-state index contributed by atoms with van der Waals surface area (Å²) in [5.74, 6) is 0.574. The minimum absolute atomic E-state index is 0.0182. The Hall–Kier alpha value is -3.02. The van der Waals surface area contributed by atoms with Crippen molar-refractivity contribution in [3.63, 3.8) is 0 Å². The van der Waals surface area contributed by atoms with Crippen LogP contribution in [0.3, 0.4) is 0 Å². The van der Waals surface area contributed by atoms with Crippen LogP contribution in [-0.4, -0.2) is 42.6 Å². The molecule has 2 aliphatic heterocycles. The normalized spacial score (nSPS) is 20.6. The molecule has 2 heterocycles. The Bertz CT molecular complexity index is 957. The maximum atomic E-state index is 13.4. The molecule has 1 N–H and O–H groups in total. The second kappa shape index (κ2) is 9.00. The number of likely N-dealkylation sites (tertiary alicyclic amines) is 1. The number of benzene rings is 2. The molecule has 2 atom stereocenters. The average Bonchev–Trinajstić information content (AvgIpc) is 2.78. The van der Waals surface area contributed by atoms with Crippen molar-refractivity contribution in [3.05, 3.63) is 59.2 Å². The summed E-state index contributed by atoms with van der Waals surface area (Å²) in [6.07, 6.45) is 1.56. The number of nitrogens with one attached hydrogen (secondary N) is 1. The molecule has 6 nitrogen and oxygen atoms in total. The van der Waals surface area contributed by atoms with E-state index < -0.39 is 0 Å². The van der Waals surface area contributed by atoms with Gasteiger partial charge in [0.05, 0.1) is 18.2 Å². The quantitative estimate of drug-likeness (QED) is 0.814. The van der Waals surface area contributed by atoms with Crippen LogP contribution in [-0.2, 0) is 11.3 Å². The number of hydrogen-bond donors (Lipinski definition) is 1. The van der Waals surface area contributed by atoms with E-state index in [9.17, 15) is 9.59 Å². The van der Waals surface area contributed by atoms with Crippen molar-refractivity contribution in [1.82, 2.24) is 10.2 Å². The fourth-order valence-corrected chi connectivity index (χ4v) is 4.30. The number of rotatable bonds is 3. The van der Waals surface area contributed by atoms with E-state index in [4.69, 9.17) is 4.74 Å². The first kappa shape index (κ1) is 21.2. The molecule has 0 bridgehead atoms. The van der Waals surface area contributed by atoms with Gasteiger partial charge < -0.3 is 15.0 Å². The van der Waals surface area contributed by atoms with E-state index in [1.54, 1.807) is 0 Å². The monoisotopic (exact) mass is 421 g/mol. The zero-order valence-corrected chi connectivity index (χ0v) is 18.6. The van der Waals surface area contributed by atoms with E-state index in [0.717, 1.165) is 35.4 Å². The molecule has 2 aliphatic rings. The SMILES string of the molecule is Cc1ccc(CNC(=O)[C@@H]2CCCN(C(=O)N3C[C@@H](C)Oc4ccc(C)cc43)C2)cc1. The Morgan fingerprint density at radius 2 is 1.81 bits per heavy atom. The molecule has 0 spiro atoms. The van der Waals surface area contributed by atoms with Gasteiger partial charge in [0.15, 0.2) is 0 Å². The Morgan fingerprint density at radius 3 is 2.58 bits per heavy atom. The lowest BCUT2D eigenvalue weighted by molar-refractivity contribution is -0.126. The molecular weight excluding hydrogens is 390 g/mol. The van der Waals surface area contributed by atoms with Gasteiger partial charge in [0.1, 0.15) is 11.9 Å². The third-order valence-corrected chi connectivity index (χ3v) is 6.05. The number of anilines is 1. The predicted molar refractivity (Wildman–Crippen MR) is 121 cm³/mol. The predicted octanol–water partition coefficient (Wildman–Crippen LogP) is 4.04. The fraction of sp³-hybridized carbons (Fsp3) is 0.440. The maximum Gasteiger partial charge on any atom is 0.324 e. The van der Waals surface area contributed by atoms with E-state index in [1.807, 2.05) is 73.0 Å². The van der Waals surface area contributed by atoms with Crippen LogP contribution in [0.25, 0.3) is 0 Å². The van der Waals surface area contributed by atoms with Gasteiger partial charge in [-0.1, -0.05) is 35.9 Å². The van der Waals surface area contributed by atoms with Gasteiger partial charge in [0.2, 0.25) is 5.91 Å². The standard InChI is InChI=1S/C25H31N3O3/c1-17-6-9-20(10-7-17)14-26-24(29)21-5-4-12-27(16-21)25(30)28-15-19(3)31-23-11-8-18(2)13-22(23)28/h6-11,13,19,21H,4-5,12,14-16H2,1-3H3,(H,26,29)/t19-,21-/m1/s1. The topological polar surface area (TPSA) is 61.9 Å². The first-order valence-electron chi connectivity index (χ1n) is 11.1. The van der Waals surface area contributed by atoms with Crippen molar-refractivity contribution in [1.29, 1.82) is 0 Å². The van der Waals surface area contributed by atoms with E-state index >= 15 is 0 Å². The van der Waals surface area contributed by atoms with Gasteiger partial charge in [-0.05, 0) is 56.9 Å². The molecule has 0 aliphatic carbocycles. The van der Waals surface area contributed by atoms with Crippen LogP contribution in [0, 0.1) is 19.8 Å². The van der Waals surface area contributed by atoms with Crippen molar-refractivity contribution >= 4 is 17.6 Å². The number of hydrogen-bond acceptors (Lipinski definition) is 3. The molecule has 164 valence electrons.